The monoisotopic (exact) mass is 628 g/mol. The number of phenols is 1. The van der Waals surface area contributed by atoms with Crippen LogP contribution in [0.2, 0.25) is 0 Å². The molecule has 0 unspecified atom stereocenters. The number of hydrogen-bond acceptors (Lipinski definition) is 11. The minimum atomic E-state index is -1.55. The summed E-state index contributed by atoms with van der Waals surface area (Å²) in [6.07, 6.45) is 0.289. The highest BCUT2D eigenvalue weighted by Crippen LogP contribution is 2.49. The molecule has 248 valence electrons. The van der Waals surface area contributed by atoms with E-state index in [4.69, 9.17) is 23.8 Å². The first-order chi connectivity index (χ1) is 21.6. The van der Waals surface area contributed by atoms with Crippen LogP contribution in [0, 0.1) is 11.8 Å². The van der Waals surface area contributed by atoms with Gasteiger partial charge in [-0.3, -0.25) is 9.74 Å². The lowest BCUT2D eigenvalue weighted by atomic mass is 9.72. The van der Waals surface area contributed by atoms with Crippen molar-refractivity contribution in [3.05, 3.63) is 46.5 Å². The lowest BCUT2D eigenvalue weighted by molar-refractivity contribution is -0.408. The van der Waals surface area contributed by atoms with E-state index < -0.39 is 24.1 Å². The molecule has 0 bridgehead atoms. The highest BCUT2D eigenvalue weighted by molar-refractivity contribution is 5.50. The SMILES string of the molecule is CC[C@H]1CN2CCc3cc(OC)c(OC)cc3[C@@H]2C[C@@H]1C[C@@H]1c2cc(OC)c(O)cc2CCN1O[C@]1(C)OC[C@@H](O)[C@@H](O)[C@@H]1O. The van der Waals surface area contributed by atoms with Crippen LogP contribution in [0.5, 0.6) is 23.0 Å². The van der Waals surface area contributed by atoms with E-state index in [1.165, 1.54) is 11.1 Å². The summed E-state index contributed by atoms with van der Waals surface area (Å²) in [7, 11) is 4.89. The van der Waals surface area contributed by atoms with Crippen LogP contribution in [-0.4, -0.2) is 102 Å². The molecule has 4 aliphatic rings. The molecule has 2 saturated heterocycles. The molecule has 2 fully saturated rings. The van der Waals surface area contributed by atoms with Crippen LogP contribution in [0.4, 0.5) is 0 Å². The zero-order valence-electron chi connectivity index (χ0n) is 26.9. The fourth-order valence-corrected chi connectivity index (χ4v) is 8.02. The Morgan fingerprint density at radius 1 is 0.889 bits per heavy atom. The summed E-state index contributed by atoms with van der Waals surface area (Å²) in [5, 5.41) is 44.0. The first kappa shape index (κ1) is 32.3. The van der Waals surface area contributed by atoms with Gasteiger partial charge in [0, 0.05) is 25.7 Å². The van der Waals surface area contributed by atoms with Crippen molar-refractivity contribution in [2.24, 2.45) is 11.8 Å². The quantitative estimate of drug-likeness (QED) is 0.344. The summed E-state index contributed by atoms with van der Waals surface area (Å²) in [5.74, 6) is 1.22. The van der Waals surface area contributed by atoms with Crippen LogP contribution in [0.25, 0.3) is 0 Å². The summed E-state index contributed by atoms with van der Waals surface area (Å²) in [6.45, 7) is 6.18. The molecule has 4 N–H and O–H groups in total. The minimum Gasteiger partial charge on any atom is -0.504 e. The fourth-order valence-electron chi connectivity index (χ4n) is 8.02. The van der Waals surface area contributed by atoms with Crippen LogP contribution in [0.15, 0.2) is 24.3 Å². The second-order valence-corrected chi connectivity index (χ2v) is 13.1. The van der Waals surface area contributed by atoms with E-state index in [0.29, 0.717) is 30.6 Å². The first-order valence-corrected chi connectivity index (χ1v) is 16.1. The summed E-state index contributed by atoms with van der Waals surface area (Å²) < 4.78 is 22.7. The number of methoxy groups -OCH3 is 3. The second-order valence-electron chi connectivity index (χ2n) is 13.1. The number of ether oxygens (including phenoxy) is 4. The Hall–Kier alpha value is -2.64. The normalized spacial score (nSPS) is 33.6. The number of phenolic OH excluding ortho intramolecular Hbond substituents is 1. The van der Waals surface area contributed by atoms with E-state index >= 15 is 0 Å². The molecule has 45 heavy (non-hydrogen) atoms. The molecule has 11 nitrogen and oxygen atoms in total. The van der Waals surface area contributed by atoms with E-state index in [1.54, 1.807) is 34.3 Å². The van der Waals surface area contributed by atoms with Gasteiger partial charge in [-0.05, 0) is 91.0 Å². The standard InChI is InChI=1S/C34H48N2O9/c1-6-19-17-35-9-7-21-14-30(42-4)31(43-5)16-23(21)25(35)11-22(19)12-26-24-15-29(41-3)27(37)13-20(24)8-10-36(26)45-34(2)33(40)32(39)28(38)18-44-34/h13-16,19,22,25-26,28,32-33,37-40H,6-12,17-18H2,1-5H3/t19-,22+,25-,26+,28+,32+,33-,34-/m0/s1. The Morgan fingerprint density at radius 2 is 1.56 bits per heavy atom. The summed E-state index contributed by atoms with van der Waals surface area (Å²) in [5.41, 5.74) is 4.61. The van der Waals surface area contributed by atoms with Crippen molar-refractivity contribution in [2.45, 2.75) is 82.1 Å². The third-order valence-corrected chi connectivity index (χ3v) is 10.7. The van der Waals surface area contributed by atoms with Gasteiger partial charge in [-0.15, -0.1) is 0 Å². The molecule has 11 heteroatoms. The predicted molar refractivity (Wildman–Crippen MR) is 165 cm³/mol. The van der Waals surface area contributed by atoms with E-state index in [2.05, 4.69) is 24.0 Å². The van der Waals surface area contributed by atoms with Gasteiger partial charge in [0.1, 0.15) is 18.3 Å². The van der Waals surface area contributed by atoms with Gasteiger partial charge < -0.3 is 39.4 Å². The van der Waals surface area contributed by atoms with Gasteiger partial charge in [0.15, 0.2) is 23.0 Å². The molecule has 8 atom stereocenters. The number of piperidine rings is 1. The predicted octanol–water partition coefficient (Wildman–Crippen LogP) is 3.11. The average Bonchev–Trinajstić information content (AvgIpc) is 3.05. The summed E-state index contributed by atoms with van der Waals surface area (Å²) in [4.78, 5) is 9.11. The smallest absolute Gasteiger partial charge is 0.213 e. The third kappa shape index (κ3) is 5.88. The molecule has 4 aliphatic heterocycles. The zero-order chi connectivity index (χ0) is 32.0. The lowest BCUT2D eigenvalue weighted by Gasteiger charge is -2.50. The Balaban J connectivity index is 1.34. The van der Waals surface area contributed by atoms with Crippen molar-refractivity contribution in [3.8, 4) is 23.0 Å². The van der Waals surface area contributed by atoms with Crippen molar-refractivity contribution < 1.29 is 44.2 Å². The minimum absolute atomic E-state index is 0.0995. The number of rotatable bonds is 8. The molecule has 0 aromatic heterocycles. The van der Waals surface area contributed by atoms with Gasteiger partial charge in [0.05, 0.1) is 34.0 Å². The van der Waals surface area contributed by atoms with Crippen molar-refractivity contribution in [1.82, 2.24) is 9.96 Å². The largest absolute Gasteiger partial charge is 0.504 e. The summed E-state index contributed by atoms with van der Waals surface area (Å²) >= 11 is 0. The van der Waals surface area contributed by atoms with Crippen molar-refractivity contribution in [3.63, 3.8) is 0 Å². The second kappa shape index (κ2) is 12.9. The maximum atomic E-state index is 10.9. The van der Waals surface area contributed by atoms with Crippen LogP contribution in [0.1, 0.15) is 67.4 Å². The number of aliphatic hydroxyl groups is 3. The number of aliphatic hydroxyl groups excluding tert-OH is 3. The molecular weight excluding hydrogens is 580 g/mol. The van der Waals surface area contributed by atoms with Crippen molar-refractivity contribution in [1.29, 1.82) is 0 Å². The van der Waals surface area contributed by atoms with E-state index in [1.807, 2.05) is 11.1 Å². The Morgan fingerprint density at radius 3 is 2.27 bits per heavy atom. The number of fused-ring (bicyclic) bond motifs is 4. The van der Waals surface area contributed by atoms with Crippen molar-refractivity contribution in [2.75, 3.05) is 47.6 Å². The van der Waals surface area contributed by atoms with Crippen LogP contribution >= 0.6 is 0 Å². The number of aromatic hydroxyl groups is 1. The molecule has 4 heterocycles. The number of hydroxylamine groups is 2. The molecule has 0 aliphatic carbocycles. The van der Waals surface area contributed by atoms with Crippen molar-refractivity contribution >= 4 is 0 Å². The molecule has 2 aromatic carbocycles. The number of hydrogen-bond donors (Lipinski definition) is 4. The lowest BCUT2D eigenvalue weighted by Crippen LogP contribution is -2.62. The number of nitrogens with zero attached hydrogens (tertiary/aromatic N) is 2. The van der Waals surface area contributed by atoms with Gasteiger partial charge in [-0.2, -0.15) is 5.06 Å². The molecule has 6 rings (SSSR count). The van der Waals surface area contributed by atoms with Crippen LogP contribution in [0.3, 0.4) is 0 Å². The van der Waals surface area contributed by atoms with Crippen LogP contribution in [-0.2, 0) is 22.4 Å². The van der Waals surface area contributed by atoms with Gasteiger partial charge in [0.25, 0.3) is 0 Å². The van der Waals surface area contributed by atoms with Gasteiger partial charge in [-0.25, -0.2) is 0 Å². The van der Waals surface area contributed by atoms with E-state index in [0.717, 1.165) is 61.4 Å². The van der Waals surface area contributed by atoms with Gasteiger partial charge in [-0.1, -0.05) is 13.3 Å². The van der Waals surface area contributed by atoms with Crippen LogP contribution < -0.4 is 14.2 Å². The van der Waals surface area contributed by atoms with E-state index in [-0.39, 0.29) is 24.4 Å². The molecule has 0 saturated carbocycles. The van der Waals surface area contributed by atoms with Gasteiger partial charge in [0.2, 0.25) is 5.79 Å². The fraction of sp³-hybridized carbons (Fsp3) is 0.647. The summed E-state index contributed by atoms with van der Waals surface area (Å²) in [6, 6.07) is 7.95. The molecule has 0 radical (unpaired) electrons. The average molecular weight is 629 g/mol. The Bertz CT molecular complexity index is 1370. The molecule has 2 aromatic rings. The Labute approximate surface area is 265 Å². The maximum Gasteiger partial charge on any atom is 0.213 e. The van der Waals surface area contributed by atoms with E-state index in [9.17, 15) is 20.4 Å². The highest BCUT2D eigenvalue weighted by atomic mass is 16.8. The Kier molecular flexibility index (Phi) is 9.24. The third-order valence-electron chi connectivity index (χ3n) is 10.7. The topological polar surface area (TPSA) is 134 Å². The maximum absolute atomic E-state index is 10.9. The zero-order valence-corrected chi connectivity index (χ0v) is 26.9. The first-order valence-electron chi connectivity index (χ1n) is 16.1. The molecular formula is C34H48N2O9. The molecule has 0 amide bonds. The molecule has 0 spiro atoms. The highest BCUT2D eigenvalue weighted by Gasteiger charge is 2.50. The number of benzene rings is 2. The van der Waals surface area contributed by atoms with Gasteiger partial charge >= 0.3 is 0 Å².